The van der Waals surface area contributed by atoms with Gasteiger partial charge in [-0.05, 0) is 0 Å². The Labute approximate surface area is 72.2 Å². The molecule has 66 valence electrons. The van der Waals surface area contributed by atoms with Crippen LogP contribution in [0.5, 0.6) is 0 Å². The Bertz CT molecular complexity index is 225. The van der Waals surface area contributed by atoms with Gasteiger partial charge in [-0.2, -0.15) is 11.8 Å². The van der Waals surface area contributed by atoms with E-state index in [1.165, 1.54) is 6.26 Å². The molecule has 0 amide bonds. The quantitative estimate of drug-likeness (QED) is 0.607. The lowest BCUT2D eigenvalue weighted by molar-refractivity contribution is 0.428. The highest BCUT2D eigenvalue weighted by Crippen LogP contribution is 2.19. The summed E-state index contributed by atoms with van der Waals surface area (Å²) in [5.74, 6) is 0.925. The summed E-state index contributed by atoms with van der Waals surface area (Å²) in [5, 5.41) is 0.443. The molecule has 3 nitrogen and oxygen atoms in total. The van der Waals surface area contributed by atoms with Crippen molar-refractivity contribution in [2.45, 2.75) is 12.2 Å². The monoisotopic (exact) mass is 195 g/mol. The smallest absolute Gasteiger partial charge is 0.211 e. The first-order valence-electron chi connectivity index (χ1n) is 3.57. The molecule has 1 fully saturated rings. The van der Waals surface area contributed by atoms with Crippen LogP contribution in [0.4, 0.5) is 0 Å². The average molecular weight is 195 g/mol. The van der Waals surface area contributed by atoms with Crippen molar-refractivity contribution < 1.29 is 8.42 Å². The standard InChI is InChI=1S/C6H13NO2S2/c1-6-5-7(3-4-10-6)11(2,8)9/h6H,3-5H2,1-2H3. The van der Waals surface area contributed by atoms with Crippen LogP contribution in [-0.4, -0.2) is 43.1 Å². The van der Waals surface area contributed by atoms with Crippen LogP contribution in [0.25, 0.3) is 0 Å². The van der Waals surface area contributed by atoms with E-state index in [9.17, 15) is 8.42 Å². The molecule has 0 aromatic carbocycles. The fourth-order valence-corrected chi connectivity index (χ4v) is 3.23. The zero-order valence-electron chi connectivity index (χ0n) is 6.78. The van der Waals surface area contributed by atoms with Crippen molar-refractivity contribution in [1.29, 1.82) is 0 Å². The van der Waals surface area contributed by atoms with E-state index in [1.54, 1.807) is 4.31 Å². The molecule has 0 aliphatic carbocycles. The van der Waals surface area contributed by atoms with E-state index < -0.39 is 10.0 Å². The predicted octanol–water partition coefficient (Wildman–Crippen LogP) is 0.383. The molecule has 11 heavy (non-hydrogen) atoms. The molecule has 0 spiro atoms. The molecule has 1 atom stereocenters. The summed E-state index contributed by atoms with van der Waals surface area (Å²) in [6, 6.07) is 0. The second-order valence-electron chi connectivity index (χ2n) is 2.80. The molecule has 1 aliphatic rings. The molecule has 0 radical (unpaired) electrons. The van der Waals surface area contributed by atoms with Gasteiger partial charge in [-0.25, -0.2) is 12.7 Å². The summed E-state index contributed by atoms with van der Waals surface area (Å²) in [4.78, 5) is 0. The van der Waals surface area contributed by atoms with Gasteiger partial charge in [0.05, 0.1) is 6.26 Å². The molecule has 1 rings (SSSR count). The Hall–Kier alpha value is 0.260. The Kier molecular flexibility index (Phi) is 2.83. The lowest BCUT2D eigenvalue weighted by Crippen LogP contribution is -2.40. The van der Waals surface area contributed by atoms with Crippen molar-refractivity contribution in [3.63, 3.8) is 0 Å². The largest absolute Gasteiger partial charge is 0.213 e. The lowest BCUT2D eigenvalue weighted by atomic mass is 10.4. The molecule has 0 saturated carbocycles. The number of sulfonamides is 1. The molecular weight excluding hydrogens is 182 g/mol. The maximum Gasteiger partial charge on any atom is 0.211 e. The third-order valence-corrected chi connectivity index (χ3v) is 4.08. The van der Waals surface area contributed by atoms with Gasteiger partial charge in [0.1, 0.15) is 0 Å². The normalized spacial score (nSPS) is 28.7. The first kappa shape index (κ1) is 9.35. The molecule has 0 bridgehead atoms. The minimum absolute atomic E-state index is 0.443. The van der Waals surface area contributed by atoms with Crippen LogP contribution in [0.15, 0.2) is 0 Å². The van der Waals surface area contributed by atoms with E-state index in [0.29, 0.717) is 18.3 Å². The lowest BCUT2D eigenvalue weighted by Gasteiger charge is -2.28. The number of rotatable bonds is 1. The van der Waals surface area contributed by atoms with Crippen molar-refractivity contribution in [3.05, 3.63) is 0 Å². The highest BCUT2D eigenvalue weighted by molar-refractivity contribution is 8.00. The summed E-state index contributed by atoms with van der Waals surface area (Å²) in [5.41, 5.74) is 0. The van der Waals surface area contributed by atoms with E-state index in [-0.39, 0.29) is 0 Å². The van der Waals surface area contributed by atoms with Crippen LogP contribution in [0.3, 0.4) is 0 Å². The molecule has 0 aromatic rings. The Morgan fingerprint density at radius 3 is 2.55 bits per heavy atom. The van der Waals surface area contributed by atoms with Gasteiger partial charge < -0.3 is 0 Å². The van der Waals surface area contributed by atoms with Crippen molar-refractivity contribution in [2.24, 2.45) is 0 Å². The molecule has 1 heterocycles. The molecule has 1 aliphatic heterocycles. The molecule has 0 aromatic heterocycles. The zero-order valence-corrected chi connectivity index (χ0v) is 8.41. The second-order valence-corrected chi connectivity index (χ2v) is 6.33. The Morgan fingerprint density at radius 2 is 2.18 bits per heavy atom. The van der Waals surface area contributed by atoms with E-state index in [2.05, 4.69) is 6.92 Å². The predicted molar refractivity (Wildman–Crippen MR) is 48.3 cm³/mol. The van der Waals surface area contributed by atoms with Gasteiger partial charge in [-0.3, -0.25) is 0 Å². The minimum Gasteiger partial charge on any atom is -0.213 e. The molecule has 0 N–H and O–H groups in total. The van der Waals surface area contributed by atoms with Crippen molar-refractivity contribution >= 4 is 21.8 Å². The fourth-order valence-electron chi connectivity index (χ4n) is 1.09. The zero-order chi connectivity index (χ0) is 8.48. The third kappa shape index (κ3) is 2.65. The van der Waals surface area contributed by atoms with Crippen molar-refractivity contribution in [1.82, 2.24) is 4.31 Å². The molecule has 1 saturated heterocycles. The van der Waals surface area contributed by atoms with E-state index in [1.807, 2.05) is 11.8 Å². The molecule has 5 heteroatoms. The number of hydrogen-bond acceptors (Lipinski definition) is 3. The summed E-state index contributed by atoms with van der Waals surface area (Å²) < 4.78 is 23.6. The summed E-state index contributed by atoms with van der Waals surface area (Å²) in [6.07, 6.45) is 1.27. The van der Waals surface area contributed by atoms with E-state index in [4.69, 9.17) is 0 Å². The van der Waals surface area contributed by atoms with Gasteiger partial charge in [-0.15, -0.1) is 0 Å². The second kappa shape index (κ2) is 3.33. The summed E-state index contributed by atoms with van der Waals surface area (Å²) in [7, 11) is -2.94. The summed E-state index contributed by atoms with van der Waals surface area (Å²) in [6.45, 7) is 3.40. The minimum atomic E-state index is -2.94. The topological polar surface area (TPSA) is 37.4 Å². The highest BCUT2D eigenvalue weighted by atomic mass is 32.2. The molecule has 1 unspecified atom stereocenters. The van der Waals surface area contributed by atoms with Gasteiger partial charge in [0, 0.05) is 24.1 Å². The first-order chi connectivity index (χ1) is 5.00. The van der Waals surface area contributed by atoms with Gasteiger partial charge in [0.15, 0.2) is 0 Å². The van der Waals surface area contributed by atoms with Gasteiger partial charge in [-0.1, -0.05) is 6.92 Å². The summed E-state index contributed by atoms with van der Waals surface area (Å²) >= 11 is 1.83. The maximum absolute atomic E-state index is 11.0. The van der Waals surface area contributed by atoms with E-state index in [0.717, 1.165) is 5.75 Å². The number of nitrogens with zero attached hydrogens (tertiary/aromatic N) is 1. The van der Waals surface area contributed by atoms with Crippen LogP contribution in [-0.2, 0) is 10.0 Å². The van der Waals surface area contributed by atoms with Crippen LogP contribution < -0.4 is 0 Å². The number of hydrogen-bond donors (Lipinski definition) is 0. The van der Waals surface area contributed by atoms with Crippen molar-refractivity contribution in [3.8, 4) is 0 Å². The van der Waals surface area contributed by atoms with Gasteiger partial charge >= 0.3 is 0 Å². The van der Waals surface area contributed by atoms with Gasteiger partial charge in [0.25, 0.3) is 0 Å². The SMILES string of the molecule is CC1CN(S(C)(=O)=O)CCS1. The third-order valence-electron chi connectivity index (χ3n) is 1.67. The van der Waals surface area contributed by atoms with Gasteiger partial charge in [0.2, 0.25) is 10.0 Å². The van der Waals surface area contributed by atoms with Crippen LogP contribution in [0, 0.1) is 0 Å². The number of thioether (sulfide) groups is 1. The Morgan fingerprint density at radius 1 is 1.55 bits per heavy atom. The molecular formula is C6H13NO2S2. The van der Waals surface area contributed by atoms with Crippen LogP contribution in [0.2, 0.25) is 0 Å². The van der Waals surface area contributed by atoms with Crippen molar-refractivity contribution in [2.75, 3.05) is 25.1 Å². The first-order valence-corrected chi connectivity index (χ1v) is 6.46. The highest BCUT2D eigenvalue weighted by Gasteiger charge is 2.23. The average Bonchev–Trinajstić information content (AvgIpc) is 1.86. The maximum atomic E-state index is 11.0. The van der Waals surface area contributed by atoms with Crippen LogP contribution >= 0.6 is 11.8 Å². The fraction of sp³-hybridized carbons (Fsp3) is 1.00. The van der Waals surface area contributed by atoms with Crippen LogP contribution in [0.1, 0.15) is 6.92 Å². The Balaban J connectivity index is 2.60. The van der Waals surface area contributed by atoms with E-state index >= 15 is 0 Å².